The average Bonchev–Trinajstić information content (AvgIpc) is 3.21. The van der Waals surface area contributed by atoms with Crippen molar-refractivity contribution in [2.45, 2.75) is 29.6 Å². The van der Waals surface area contributed by atoms with Crippen LogP contribution >= 0.6 is 11.6 Å². The molecule has 200 valence electrons. The van der Waals surface area contributed by atoms with Gasteiger partial charge in [0.25, 0.3) is 0 Å². The number of anilines is 2. The van der Waals surface area contributed by atoms with Crippen molar-refractivity contribution in [1.29, 1.82) is 0 Å². The molecular formula is C23H26ClF3N6O3S. The molecule has 14 heteroatoms. The van der Waals surface area contributed by atoms with Gasteiger partial charge in [0.1, 0.15) is 11.0 Å². The maximum atomic E-state index is 13.2. The van der Waals surface area contributed by atoms with Crippen molar-refractivity contribution in [3.8, 4) is 0 Å². The van der Waals surface area contributed by atoms with Crippen LogP contribution < -0.4 is 20.4 Å². The summed E-state index contributed by atoms with van der Waals surface area (Å²) >= 11 is 5.79. The molecule has 3 fully saturated rings. The Kier molecular flexibility index (Phi) is 7.09. The molecule has 0 aliphatic carbocycles. The Morgan fingerprint density at radius 3 is 2.30 bits per heavy atom. The van der Waals surface area contributed by atoms with Gasteiger partial charge in [0, 0.05) is 70.0 Å². The number of pyridine rings is 1. The van der Waals surface area contributed by atoms with E-state index in [1.165, 1.54) is 16.4 Å². The Bertz CT molecular complexity index is 1270. The zero-order valence-electron chi connectivity index (χ0n) is 19.7. The zero-order chi connectivity index (χ0) is 26.4. The highest BCUT2D eigenvalue weighted by molar-refractivity contribution is 7.89. The number of rotatable bonds is 6. The lowest BCUT2D eigenvalue weighted by atomic mass is 10.1. The van der Waals surface area contributed by atoms with Gasteiger partial charge in [0.05, 0.1) is 10.5 Å². The van der Waals surface area contributed by atoms with Crippen molar-refractivity contribution in [3.63, 3.8) is 0 Å². The van der Waals surface area contributed by atoms with Crippen LogP contribution in [0.15, 0.2) is 41.3 Å². The van der Waals surface area contributed by atoms with Crippen LogP contribution in [0.1, 0.15) is 12.0 Å². The molecule has 37 heavy (non-hydrogen) atoms. The molecule has 2 aromatic rings. The molecule has 3 aliphatic rings. The van der Waals surface area contributed by atoms with Crippen molar-refractivity contribution in [2.24, 2.45) is 0 Å². The van der Waals surface area contributed by atoms with E-state index in [0.29, 0.717) is 24.7 Å². The first kappa shape index (κ1) is 26.2. The van der Waals surface area contributed by atoms with Crippen LogP contribution in [0.25, 0.3) is 0 Å². The molecule has 1 aromatic heterocycles. The highest BCUT2D eigenvalue weighted by atomic mass is 35.5. The molecule has 3 aliphatic heterocycles. The van der Waals surface area contributed by atoms with Crippen LogP contribution in [0.5, 0.6) is 0 Å². The minimum absolute atomic E-state index is 0.0141. The molecule has 1 amide bonds. The number of halogens is 4. The van der Waals surface area contributed by atoms with Crippen LogP contribution in [0, 0.1) is 0 Å². The fraction of sp³-hybridized carbons (Fsp3) is 0.478. The van der Waals surface area contributed by atoms with E-state index in [0.717, 1.165) is 25.2 Å². The molecule has 2 N–H and O–H groups in total. The number of nitrogens with zero attached hydrogens (tertiary/aromatic N) is 4. The molecule has 0 spiro atoms. The molecule has 4 heterocycles. The third-order valence-corrected chi connectivity index (χ3v) is 8.94. The summed E-state index contributed by atoms with van der Waals surface area (Å²) in [7, 11) is -3.83. The largest absolute Gasteiger partial charge is 0.416 e. The molecule has 9 nitrogen and oxygen atoms in total. The number of benzene rings is 1. The van der Waals surface area contributed by atoms with Crippen LogP contribution in [0.3, 0.4) is 0 Å². The van der Waals surface area contributed by atoms with Crippen molar-refractivity contribution in [3.05, 3.63) is 47.1 Å². The summed E-state index contributed by atoms with van der Waals surface area (Å²) in [5, 5.41) is 6.36. The molecule has 1 aromatic carbocycles. The summed E-state index contributed by atoms with van der Waals surface area (Å²) in [6, 6.07) is 8.31. The predicted molar refractivity (Wildman–Crippen MR) is 132 cm³/mol. The fourth-order valence-corrected chi connectivity index (χ4v) is 6.35. The summed E-state index contributed by atoms with van der Waals surface area (Å²) < 4.78 is 67.1. The van der Waals surface area contributed by atoms with Gasteiger partial charge in [-0.2, -0.15) is 17.5 Å². The molecule has 1 atom stereocenters. The Morgan fingerprint density at radius 1 is 1.03 bits per heavy atom. The van der Waals surface area contributed by atoms with E-state index in [2.05, 4.69) is 15.6 Å². The first-order chi connectivity index (χ1) is 17.5. The van der Waals surface area contributed by atoms with Crippen molar-refractivity contribution < 1.29 is 26.4 Å². The molecule has 1 unspecified atom stereocenters. The van der Waals surface area contributed by atoms with Crippen molar-refractivity contribution in [2.75, 3.05) is 55.6 Å². The van der Waals surface area contributed by atoms with Crippen LogP contribution in [-0.2, 0) is 21.0 Å². The Hall–Kier alpha value is -2.45. The smallest absolute Gasteiger partial charge is 0.354 e. The maximum Gasteiger partial charge on any atom is 0.416 e. The lowest BCUT2D eigenvalue weighted by Crippen LogP contribution is -2.58. The molecule has 0 saturated carbocycles. The third kappa shape index (κ3) is 5.55. The summed E-state index contributed by atoms with van der Waals surface area (Å²) in [5.74, 6) is 0.0395. The number of alkyl halides is 3. The van der Waals surface area contributed by atoms with E-state index < -0.39 is 21.8 Å². The minimum Gasteiger partial charge on any atom is -0.354 e. The van der Waals surface area contributed by atoms with Gasteiger partial charge in [0.15, 0.2) is 0 Å². The number of piperazine rings is 1. The fourth-order valence-electron chi connectivity index (χ4n) is 4.72. The van der Waals surface area contributed by atoms with Gasteiger partial charge in [0.2, 0.25) is 15.9 Å². The summed E-state index contributed by atoms with van der Waals surface area (Å²) in [4.78, 5) is 19.8. The monoisotopic (exact) mass is 558 g/mol. The highest BCUT2D eigenvalue weighted by Crippen LogP contribution is 2.33. The van der Waals surface area contributed by atoms with E-state index in [9.17, 15) is 26.4 Å². The number of hydrogen-bond donors (Lipinski definition) is 2. The van der Waals surface area contributed by atoms with Crippen molar-refractivity contribution in [1.82, 2.24) is 19.9 Å². The van der Waals surface area contributed by atoms with E-state index in [-0.39, 0.29) is 54.0 Å². The number of nitrogens with one attached hydrogen (secondary N) is 2. The Balaban J connectivity index is 1.22. The quantitative estimate of drug-likeness (QED) is 0.523. The molecule has 5 rings (SSSR count). The number of amides is 1. The van der Waals surface area contributed by atoms with E-state index in [4.69, 9.17) is 11.6 Å². The minimum atomic E-state index is -4.57. The lowest BCUT2D eigenvalue weighted by Gasteiger charge is -2.35. The van der Waals surface area contributed by atoms with Crippen LogP contribution in [-0.4, -0.2) is 81.5 Å². The maximum absolute atomic E-state index is 13.2. The predicted octanol–water partition coefficient (Wildman–Crippen LogP) is 1.93. The molecular weight excluding hydrogens is 533 g/mol. The van der Waals surface area contributed by atoms with Gasteiger partial charge in [-0.05, 0) is 36.4 Å². The number of sulfonamides is 1. The first-order valence-electron chi connectivity index (χ1n) is 11.9. The molecule has 3 saturated heterocycles. The lowest BCUT2D eigenvalue weighted by molar-refractivity contribution is -0.137. The Labute approximate surface area is 217 Å². The number of hydrogen-bond acceptors (Lipinski definition) is 7. The second-order valence-electron chi connectivity index (χ2n) is 9.35. The topological polar surface area (TPSA) is 97.9 Å². The number of carbonyl (C=O) groups excluding carboxylic acids is 1. The highest BCUT2D eigenvalue weighted by Gasteiger charge is 2.35. The SMILES string of the molecule is O=C1CC(NC2CNC2)CN1c1ccc(S(=O)(=O)N2CCN(c3cc(C(F)(F)F)cc(Cl)n3)CC2)cc1. The number of aromatic nitrogens is 1. The standard InChI is InChI=1S/C23H26ClF3N6O3S/c24-20-9-15(23(25,26)27)10-21(30-20)31-5-7-32(8-6-31)37(35,36)19-3-1-18(2-4-19)33-14-16(11-22(33)34)29-17-12-28-13-17/h1-4,9-10,16-17,28-29H,5-8,11-14H2. The zero-order valence-corrected chi connectivity index (χ0v) is 21.3. The average molecular weight is 559 g/mol. The molecule has 0 radical (unpaired) electrons. The second-order valence-corrected chi connectivity index (χ2v) is 11.7. The first-order valence-corrected chi connectivity index (χ1v) is 13.7. The van der Waals surface area contributed by atoms with Gasteiger partial charge >= 0.3 is 6.18 Å². The van der Waals surface area contributed by atoms with Crippen molar-refractivity contribution >= 4 is 39.0 Å². The van der Waals surface area contributed by atoms with Gasteiger partial charge < -0.3 is 20.4 Å². The van der Waals surface area contributed by atoms with Gasteiger partial charge in [-0.25, -0.2) is 13.4 Å². The van der Waals surface area contributed by atoms with E-state index >= 15 is 0 Å². The van der Waals surface area contributed by atoms with Gasteiger partial charge in [-0.3, -0.25) is 4.79 Å². The summed E-state index contributed by atoms with van der Waals surface area (Å²) in [5.41, 5.74) is -0.270. The van der Waals surface area contributed by atoms with Gasteiger partial charge in [-0.1, -0.05) is 11.6 Å². The van der Waals surface area contributed by atoms with Crippen LogP contribution in [0.2, 0.25) is 5.15 Å². The summed E-state index contributed by atoms with van der Waals surface area (Å²) in [6.45, 7) is 2.77. The molecule has 0 bridgehead atoms. The van der Waals surface area contributed by atoms with E-state index in [1.54, 1.807) is 21.9 Å². The van der Waals surface area contributed by atoms with E-state index in [1.807, 2.05) is 0 Å². The second kappa shape index (κ2) is 10.0. The Morgan fingerprint density at radius 2 is 1.70 bits per heavy atom. The van der Waals surface area contributed by atoms with Crippen LogP contribution in [0.4, 0.5) is 24.7 Å². The number of carbonyl (C=O) groups is 1. The third-order valence-electron chi connectivity index (χ3n) is 6.83. The summed E-state index contributed by atoms with van der Waals surface area (Å²) in [6.07, 6.45) is -4.17. The normalized spacial score (nSPS) is 21.9. The van der Waals surface area contributed by atoms with Gasteiger partial charge in [-0.15, -0.1) is 0 Å².